The van der Waals surface area contributed by atoms with Crippen LogP contribution in [0, 0.1) is 5.92 Å². The van der Waals surface area contributed by atoms with Crippen molar-refractivity contribution in [2.45, 2.75) is 31.7 Å². The SMILES string of the molecule is NNC(Cc1ccccn1)CC1CCOCC1. The van der Waals surface area contributed by atoms with Gasteiger partial charge in [-0.2, -0.15) is 0 Å². The van der Waals surface area contributed by atoms with Gasteiger partial charge in [0.2, 0.25) is 0 Å². The molecule has 1 aromatic heterocycles. The Balaban J connectivity index is 1.83. The smallest absolute Gasteiger partial charge is 0.0468 e. The molecule has 0 bridgehead atoms. The summed E-state index contributed by atoms with van der Waals surface area (Å²) in [5.41, 5.74) is 4.02. The molecule has 0 aliphatic carbocycles. The van der Waals surface area contributed by atoms with Crippen molar-refractivity contribution in [1.29, 1.82) is 0 Å². The van der Waals surface area contributed by atoms with Gasteiger partial charge in [0.05, 0.1) is 0 Å². The van der Waals surface area contributed by atoms with Gasteiger partial charge in [-0.1, -0.05) is 6.07 Å². The lowest BCUT2D eigenvalue weighted by Crippen LogP contribution is -2.39. The standard InChI is InChI=1S/C13H21N3O/c14-16-13(9-11-4-7-17-8-5-11)10-12-3-1-2-6-15-12/h1-3,6,11,13,16H,4-5,7-10,14H2. The summed E-state index contributed by atoms with van der Waals surface area (Å²) in [4.78, 5) is 4.34. The van der Waals surface area contributed by atoms with Crippen LogP contribution in [-0.2, 0) is 11.2 Å². The maximum Gasteiger partial charge on any atom is 0.0468 e. The summed E-state index contributed by atoms with van der Waals surface area (Å²) in [7, 11) is 0. The van der Waals surface area contributed by atoms with Crippen molar-refractivity contribution in [2.24, 2.45) is 11.8 Å². The van der Waals surface area contributed by atoms with Gasteiger partial charge in [-0.25, -0.2) is 0 Å². The number of pyridine rings is 1. The van der Waals surface area contributed by atoms with Crippen molar-refractivity contribution in [3.05, 3.63) is 30.1 Å². The van der Waals surface area contributed by atoms with E-state index >= 15 is 0 Å². The third-order valence-corrected chi connectivity index (χ3v) is 3.38. The highest BCUT2D eigenvalue weighted by Crippen LogP contribution is 2.21. The number of rotatable bonds is 5. The Morgan fingerprint density at radius 1 is 1.41 bits per heavy atom. The van der Waals surface area contributed by atoms with Gasteiger partial charge in [0, 0.05) is 37.6 Å². The van der Waals surface area contributed by atoms with Gasteiger partial charge in [-0.3, -0.25) is 16.3 Å². The molecular weight excluding hydrogens is 214 g/mol. The Bertz CT molecular complexity index is 312. The number of hydrogen-bond donors (Lipinski definition) is 2. The molecule has 1 aliphatic rings. The lowest BCUT2D eigenvalue weighted by molar-refractivity contribution is 0.0605. The second-order valence-corrected chi connectivity index (χ2v) is 4.68. The predicted octanol–water partition coefficient (Wildman–Crippen LogP) is 1.27. The molecule has 3 N–H and O–H groups in total. The van der Waals surface area contributed by atoms with Crippen LogP contribution in [-0.4, -0.2) is 24.2 Å². The Morgan fingerprint density at radius 3 is 2.88 bits per heavy atom. The number of nitrogens with one attached hydrogen (secondary N) is 1. The van der Waals surface area contributed by atoms with Crippen molar-refractivity contribution in [3.8, 4) is 0 Å². The number of nitrogens with two attached hydrogens (primary N) is 1. The minimum atomic E-state index is 0.313. The summed E-state index contributed by atoms with van der Waals surface area (Å²) in [6.07, 6.45) is 6.14. The van der Waals surface area contributed by atoms with Crippen molar-refractivity contribution < 1.29 is 4.74 Å². The van der Waals surface area contributed by atoms with Gasteiger partial charge in [0.15, 0.2) is 0 Å². The van der Waals surface area contributed by atoms with Crippen LogP contribution in [0.5, 0.6) is 0 Å². The average molecular weight is 235 g/mol. The minimum absolute atomic E-state index is 0.313. The van der Waals surface area contributed by atoms with Crippen molar-refractivity contribution in [2.75, 3.05) is 13.2 Å². The van der Waals surface area contributed by atoms with E-state index in [9.17, 15) is 0 Å². The van der Waals surface area contributed by atoms with Crippen LogP contribution >= 0.6 is 0 Å². The van der Waals surface area contributed by atoms with Crippen molar-refractivity contribution in [1.82, 2.24) is 10.4 Å². The van der Waals surface area contributed by atoms with Crippen LogP contribution in [0.3, 0.4) is 0 Å². The molecule has 1 unspecified atom stereocenters. The van der Waals surface area contributed by atoms with E-state index in [2.05, 4.69) is 10.4 Å². The van der Waals surface area contributed by atoms with E-state index in [1.807, 2.05) is 24.4 Å². The molecule has 2 rings (SSSR count). The highest BCUT2D eigenvalue weighted by atomic mass is 16.5. The molecule has 1 atom stereocenters. The zero-order valence-electron chi connectivity index (χ0n) is 10.1. The summed E-state index contributed by atoms with van der Waals surface area (Å²) in [5, 5.41) is 0. The summed E-state index contributed by atoms with van der Waals surface area (Å²) >= 11 is 0. The topological polar surface area (TPSA) is 60.2 Å². The lowest BCUT2D eigenvalue weighted by Gasteiger charge is -2.26. The molecule has 1 aliphatic heterocycles. The van der Waals surface area contributed by atoms with Crippen LogP contribution in [0.15, 0.2) is 24.4 Å². The first-order chi connectivity index (χ1) is 8.38. The quantitative estimate of drug-likeness (QED) is 0.596. The summed E-state index contributed by atoms with van der Waals surface area (Å²) in [6.45, 7) is 1.79. The fourth-order valence-corrected chi connectivity index (χ4v) is 2.37. The molecule has 94 valence electrons. The Hall–Kier alpha value is -0.970. The van der Waals surface area contributed by atoms with E-state index in [-0.39, 0.29) is 0 Å². The number of aromatic nitrogens is 1. The fourth-order valence-electron chi connectivity index (χ4n) is 2.37. The third kappa shape index (κ3) is 4.07. The van der Waals surface area contributed by atoms with Crippen LogP contribution in [0.25, 0.3) is 0 Å². The van der Waals surface area contributed by atoms with Crippen molar-refractivity contribution in [3.63, 3.8) is 0 Å². The van der Waals surface area contributed by atoms with Crippen LogP contribution in [0.2, 0.25) is 0 Å². The maximum absolute atomic E-state index is 5.63. The second-order valence-electron chi connectivity index (χ2n) is 4.68. The summed E-state index contributed by atoms with van der Waals surface area (Å²) in [6, 6.07) is 6.32. The first-order valence-corrected chi connectivity index (χ1v) is 6.32. The van der Waals surface area contributed by atoms with Gasteiger partial charge in [0.1, 0.15) is 0 Å². The molecule has 4 nitrogen and oxygen atoms in total. The van der Waals surface area contributed by atoms with E-state index < -0.39 is 0 Å². The second kappa shape index (κ2) is 6.69. The molecule has 0 spiro atoms. The molecule has 1 saturated heterocycles. The average Bonchev–Trinajstić information content (AvgIpc) is 2.40. The molecule has 0 radical (unpaired) electrons. The molecular formula is C13H21N3O. The van der Waals surface area contributed by atoms with Gasteiger partial charge < -0.3 is 4.74 Å². The summed E-state index contributed by atoms with van der Waals surface area (Å²) in [5.74, 6) is 6.36. The highest BCUT2D eigenvalue weighted by molar-refractivity contribution is 5.05. The first kappa shape index (κ1) is 12.5. The van der Waals surface area contributed by atoms with Crippen LogP contribution in [0.4, 0.5) is 0 Å². The number of nitrogens with zero attached hydrogens (tertiary/aromatic N) is 1. The normalized spacial score (nSPS) is 19.1. The fraction of sp³-hybridized carbons (Fsp3) is 0.615. The molecule has 0 saturated carbocycles. The summed E-state index contributed by atoms with van der Waals surface area (Å²) < 4.78 is 5.37. The Morgan fingerprint density at radius 2 is 2.24 bits per heavy atom. The third-order valence-electron chi connectivity index (χ3n) is 3.38. The maximum atomic E-state index is 5.63. The number of hydrazine groups is 1. The molecule has 2 heterocycles. The zero-order chi connectivity index (χ0) is 11.9. The number of hydrogen-bond acceptors (Lipinski definition) is 4. The number of ether oxygens (including phenoxy) is 1. The van der Waals surface area contributed by atoms with E-state index in [0.29, 0.717) is 6.04 Å². The van der Waals surface area contributed by atoms with E-state index in [0.717, 1.165) is 50.5 Å². The van der Waals surface area contributed by atoms with E-state index in [4.69, 9.17) is 10.6 Å². The van der Waals surface area contributed by atoms with Gasteiger partial charge in [0.25, 0.3) is 0 Å². The molecule has 1 aromatic rings. The Kier molecular flexibility index (Phi) is 4.91. The zero-order valence-corrected chi connectivity index (χ0v) is 10.1. The van der Waals surface area contributed by atoms with Gasteiger partial charge in [-0.15, -0.1) is 0 Å². The van der Waals surface area contributed by atoms with Crippen molar-refractivity contribution >= 4 is 0 Å². The van der Waals surface area contributed by atoms with E-state index in [1.54, 1.807) is 0 Å². The Labute approximate surface area is 103 Å². The van der Waals surface area contributed by atoms with Gasteiger partial charge in [-0.05, 0) is 37.3 Å². The molecule has 17 heavy (non-hydrogen) atoms. The molecule has 1 fully saturated rings. The molecule has 0 aromatic carbocycles. The van der Waals surface area contributed by atoms with Crippen LogP contribution in [0.1, 0.15) is 25.0 Å². The highest BCUT2D eigenvalue weighted by Gasteiger charge is 2.19. The lowest BCUT2D eigenvalue weighted by atomic mass is 9.91. The molecule has 0 amide bonds. The van der Waals surface area contributed by atoms with Crippen LogP contribution < -0.4 is 11.3 Å². The monoisotopic (exact) mass is 235 g/mol. The largest absolute Gasteiger partial charge is 0.381 e. The van der Waals surface area contributed by atoms with Gasteiger partial charge >= 0.3 is 0 Å². The molecule has 4 heteroatoms. The minimum Gasteiger partial charge on any atom is -0.381 e. The first-order valence-electron chi connectivity index (χ1n) is 6.32. The predicted molar refractivity (Wildman–Crippen MR) is 67.2 cm³/mol. The van der Waals surface area contributed by atoms with E-state index in [1.165, 1.54) is 0 Å².